The van der Waals surface area contributed by atoms with Crippen molar-refractivity contribution in [3.05, 3.63) is 70.2 Å². The van der Waals surface area contributed by atoms with Crippen LogP contribution in [0, 0.1) is 0 Å². The molecule has 2 aromatic carbocycles. The Bertz CT molecular complexity index is 1110. The molecule has 2 aromatic rings. The van der Waals surface area contributed by atoms with Gasteiger partial charge in [-0.05, 0) is 35.9 Å². The molecule has 9 heteroatoms. The van der Waals surface area contributed by atoms with Gasteiger partial charge in [-0.2, -0.15) is 4.99 Å². The summed E-state index contributed by atoms with van der Waals surface area (Å²) in [5.41, 5.74) is 2.11. The van der Waals surface area contributed by atoms with E-state index in [1.165, 1.54) is 7.11 Å². The molecule has 7 nitrogen and oxygen atoms in total. The number of carboxylic acids is 1. The van der Waals surface area contributed by atoms with Gasteiger partial charge in [0.05, 0.1) is 18.8 Å². The van der Waals surface area contributed by atoms with E-state index in [0.717, 1.165) is 22.9 Å². The zero-order valence-corrected chi connectivity index (χ0v) is 17.4. The summed E-state index contributed by atoms with van der Waals surface area (Å²) in [6.45, 7) is 0. The third-order valence-corrected chi connectivity index (χ3v) is 5.94. The number of methoxy groups -OCH3 is 1. The van der Waals surface area contributed by atoms with E-state index in [1.807, 2.05) is 24.3 Å². The number of hydrogen-bond donors (Lipinski definition) is 1. The molecule has 0 fully saturated rings. The van der Waals surface area contributed by atoms with Crippen molar-refractivity contribution in [2.75, 3.05) is 7.11 Å². The third-order valence-electron chi connectivity index (χ3n) is 4.62. The van der Waals surface area contributed by atoms with Crippen LogP contribution in [0.3, 0.4) is 0 Å². The second-order valence-electron chi connectivity index (χ2n) is 6.57. The van der Waals surface area contributed by atoms with Gasteiger partial charge in [-0.25, -0.2) is 9.98 Å². The van der Waals surface area contributed by atoms with Gasteiger partial charge in [-0.1, -0.05) is 41.6 Å². The van der Waals surface area contributed by atoms with Gasteiger partial charge < -0.3 is 9.84 Å². The maximum absolute atomic E-state index is 12.9. The highest BCUT2D eigenvalue weighted by Gasteiger charge is 2.34. The third kappa shape index (κ3) is 4.01. The number of hydrogen-bond acceptors (Lipinski definition) is 7. The zero-order valence-electron chi connectivity index (χ0n) is 15.8. The predicted octanol–water partition coefficient (Wildman–Crippen LogP) is 4.02. The van der Waals surface area contributed by atoms with Crippen LogP contribution in [0.2, 0.25) is 5.02 Å². The number of aliphatic imine (C=N–C) groups is 3. The number of carbonyl (C=O) groups excluding carboxylic acids is 1. The Morgan fingerprint density at radius 2 is 1.90 bits per heavy atom. The van der Waals surface area contributed by atoms with Gasteiger partial charge in [-0.15, -0.1) is 0 Å². The quantitative estimate of drug-likeness (QED) is 0.706. The molecule has 0 spiro atoms. The number of Topliss-reactive ketones (excluding diaryl/α,β-unsaturated/α-hetero) is 1. The van der Waals surface area contributed by atoms with Gasteiger partial charge in [0.1, 0.15) is 6.04 Å². The minimum Gasteiger partial charge on any atom is -0.481 e. The van der Waals surface area contributed by atoms with Crippen LogP contribution in [0.5, 0.6) is 0 Å². The number of ketones is 1. The number of carbonyl (C=O) groups is 2. The van der Waals surface area contributed by atoms with Crippen molar-refractivity contribution in [1.82, 2.24) is 0 Å². The predicted molar refractivity (Wildman–Crippen MR) is 117 cm³/mol. The van der Waals surface area contributed by atoms with E-state index in [9.17, 15) is 14.7 Å². The largest absolute Gasteiger partial charge is 0.481 e. The van der Waals surface area contributed by atoms with Crippen molar-refractivity contribution < 1.29 is 19.4 Å². The monoisotopic (exact) mass is 441 g/mol. The fourth-order valence-corrected chi connectivity index (χ4v) is 4.39. The Labute approximate surface area is 181 Å². The fourth-order valence-electron chi connectivity index (χ4n) is 3.23. The van der Waals surface area contributed by atoms with Crippen molar-refractivity contribution >= 4 is 52.0 Å². The Balaban J connectivity index is 1.63. The maximum atomic E-state index is 12.9. The molecule has 0 radical (unpaired) electrons. The van der Waals surface area contributed by atoms with Gasteiger partial charge in [0.2, 0.25) is 5.90 Å². The molecule has 0 bridgehead atoms. The molecule has 0 aliphatic carbocycles. The summed E-state index contributed by atoms with van der Waals surface area (Å²) in [6.07, 6.45) is -0.357. The van der Waals surface area contributed by atoms with Crippen LogP contribution < -0.4 is 0 Å². The van der Waals surface area contributed by atoms with Crippen LogP contribution in [0.4, 0.5) is 0 Å². The number of benzene rings is 2. The number of halogens is 1. The van der Waals surface area contributed by atoms with E-state index < -0.39 is 17.3 Å². The molecule has 2 aliphatic rings. The van der Waals surface area contributed by atoms with Crippen molar-refractivity contribution in [2.24, 2.45) is 15.0 Å². The van der Waals surface area contributed by atoms with Gasteiger partial charge in [0.25, 0.3) is 0 Å². The van der Waals surface area contributed by atoms with Crippen molar-refractivity contribution in [3.8, 4) is 0 Å². The number of nitrogens with zero attached hydrogens (tertiary/aromatic N) is 3. The standard InChI is InChI=1S/C21H16ClN3O4S/c1-29-20-14-5-3-2-4-13(14)17-19(24-20)25-21(23-17)30-15(10-16(26)27)18(28)11-6-8-12(22)9-7-11/h2-9,15,17H,10H2,1H3,(H,26,27). The lowest BCUT2D eigenvalue weighted by Crippen LogP contribution is -2.22. The summed E-state index contributed by atoms with van der Waals surface area (Å²) in [6, 6.07) is 13.5. The van der Waals surface area contributed by atoms with Crippen LogP contribution in [-0.4, -0.2) is 46.1 Å². The Kier molecular flexibility index (Phi) is 5.69. The normalized spacial score (nSPS) is 17.8. The summed E-state index contributed by atoms with van der Waals surface area (Å²) in [4.78, 5) is 37.8. The fraction of sp³-hybridized carbons (Fsp3) is 0.190. The van der Waals surface area contributed by atoms with Crippen molar-refractivity contribution in [1.29, 1.82) is 0 Å². The number of ether oxygens (including phenoxy) is 1. The maximum Gasteiger partial charge on any atom is 0.304 e. The minimum atomic E-state index is -1.08. The molecule has 30 heavy (non-hydrogen) atoms. The first-order valence-electron chi connectivity index (χ1n) is 9.03. The molecule has 152 valence electrons. The molecule has 1 N–H and O–H groups in total. The Hall–Kier alpha value is -2.97. The van der Waals surface area contributed by atoms with Crippen LogP contribution in [0.15, 0.2) is 63.5 Å². The van der Waals surface area contributed by atoms with E-state index in [0.29, 0.717) is 27.5 Å². The average molecular weight is 442 g/mol. The van der Waals surface area contributed by atoms with Gasteiger partial charge in [-0.3, -0.25) is 9.59 Å². The molecule has 0 saturated heterocycles. The number of aliphatic carboxylic acids is 1. The molecule has 0 saturated carbocycles. The highest BCUT2D eigenvalue weighted by molar-refractivity contribution is 8.15. The van der Waals surface area contributed by atoms with Gasteiger partial charge >= 0.3 is 5.97 Å². The Morgan fingerprint density at radius 1 is 1.17 bits per heavy atom. The molecule has 2 unspecified atom stereocenters. The second-order valence-corrected chi connectivity index (χ2v) is 8.17. The van der Waals surface area contributed by atoms with E-state index >= 15 is 0 Å². The molecular weight excluding hydrogens is 426 g/mol. The number of amidine groups is 2. The number of rotatable bonds is 5. The van der Waals surface area contributed by atoms with E-state index in [1.54, 1.807) is 24.3 Å². The molecule has 0 aromatic heterocycles. The first kappa shape index (κ1) is 20.3. The molecule has 2 atom stereocenters. The van der Waals surface area contributed by atoms with Crippen LogP contribution in [0.1, 0.15) is 33.9 Å². The lowest BCUT2D eigenvalue weighted by molar-refractivity contribution is -0.136. The first-order valence-corrected chi connectivity index (χ1v) is 10.3. The van der Waals surface area contributed by atoms with Gasteiger partial charge in [0.15, 0.2) is 16.8 Å². The number of carboxylic acid groups (broad SMARTS) is 1. The molecule has 0 amide bonds. The smallest absolute Gasteiger partial charge is 0.304 e. The molecule has 2 heterocycles. The molecule has 2 aliphatic heterocycles. The summed E-state index contributed by atoms with van der Waals surface area (Å²) in [5, 5.41) is 9.23. The summed E-state index contributed by atoms with van der Waals surface area (Å²) >= 11 is 6.91. The summed E-state index contributed by atoms with van der Waals surface area (Å²) in [5.74, 6) is -0.496. The van der Waals surface area contributed by atoms with Crippen LogP contribution >= 0.6 is 23.4 Å². The summed E-state index contributed by atoms with van der Waals surface area (Å²) in [7, 11) is 1.54. The highest BCUT2D eigenvalue weighted by Crippen LogP contribution is 2.35. The zero-order chi connectivity index (χ0) is 21.3. The summed E-state index contributed by atoms with van der Waals surface area (Å²) < 4.78 is 5.37. The lowest BCUT2D eigenvalue weighted by Gasteiger charge is -2.19. The molecular formula is C21H16ClN3O4S. The molecule has 4 rings (SSSR count). The average Bonchev–Trinajstić information content (AvgIpc) is 3.15. The first-order chi connectivity index (χ1) is 14.5. The van der Waals surface area contributed by atoms with E-state index in [2.05, 4.69) is 15.0 Å². The second kappa shape index (κ2) is 8.41. The highest BCUT2D eigenvalue weighted by atomic mass is 35.5. The SMILES string of the molecule is COC1=NC2=NC(SC(CC(=O)O)C(=O)c3ccc(Cl)cc3)=NC2c2ccccc21. The minimum absolute atomic E-state index is 0.319. The number of fused-ring (bicyclic) bond motifs is 3. The van der Waals surface area contributed by atoms with E-state index in [-0.39, 0.29) is 12.2 Å². The van der Waals surface area contributed by atoms with Crippen LogP contribution in [-0.2, 0) is 9.53 Å². The van der Waals surface area contributed by atoms with Crippen LogP contribution in [0.25, 0.3) is 0 Å². The van der Waals surface area contributed by atoms with Crippen molar-refractivity contribution in [3.63, 3.8) is 0 Å². The lowest BCUT2D eigenvalue weighted by atomic mass is 9.97. The van der Waals surface area contributed by atoms with Gasteiger partial charge in [0, 0.05) is 16.1 Å². The van der Waals surface area contributed by atoms with Crippen molar-refractivity contribution in [2.45, 2.75) is 17.7 Å². The topological polar surface area (TPSA) is 101 Å². The Morgan fingerprint density at radius 3 is 2.60 bits per heavy atom. The van der Waals surface area contributed by atoms with E-state index in [4.69, 9.17) is 16.3 Å². The number of thioether (sulfide) groups is 1.